The van der Waals surface area contributed by atoms with Crippen LogP contribution < -0.4 is 5.73 Å². The second-order valence-corrected chi connectivity index (χ2v) is 8.84. The van der Waals surface area contributed by atoms with Gasteiger partial charge in [-0.25, -0.2) is 0 Å². The van der Waals surface area contributed by atoms with Crippen LogP contribution in [0.1, 0.15) is 56.8 Å². The molecule has 1 fully saturated rings. The van der Waals surface area contributed by atoms with Crippen LogP contribution in [0.15, 0.2) is 28.8 Å². The zero-order valence-electron chi connectivity index (χ0n) is 16.7. The number of rotatable bonds is 4. The third-order valence-electron chi connectivity index (χ3n) is 5.01. The summed E-state index contributed by atoms with van der Waals surface area (Å²) in [5, 5.41) is 4.09. The zero-order chi connectivity index (χ0) is 19.6. The van der Waals surface area contributed by atoms with E-state index in [1.54, 1.807) is 0 Å². The number of amides is 1. The van der Waals surface area contributed by atoms with Crippen molar-refractivity contribution >= 4 is 5.91 Å². The fourth-order valence-corrected chi connectivity index (χ4v) is 3.50. The third-order valence-corrected chi connectivity index (χ3v) is 5.01. The number of carbonyl (C=O) groups is 1. The maximum absolute atomic E-state index is 13.0. The standard InChI is InChI=1S/C21H30N4O2/c1-14(22)17-9-6-10-25(13-17)20(26)16-8-5-7-15(11-16)19-23-18(27-24-19)12-21(2,3)4/h5,7-8,11,14,17H,6,9-10,12-13,22H2,1-4H3. The minimum atomic E-state index is 0.0422. The molecule has 0 spiro atoms. The van der Waals surface area contributed by atoms with Crippen molar-refractivity contribution in [2.75, 3.05) is 13.1 Å². The molecule has 2 aromatic rings. The van der Waals surface area contributed by atoms with E-state index in [0.29, 0.717) is 29.6 Å². The molecule has 2 N–H and O–H groups in total. The lowest BCUT2D eigenvalue weighted by Crippen LogP contribution is -2.45. The molecule has 0 saturated carbocycles. The highest BCUT2D eigenvalue weighted by Crippen LogP contribution is 2.24. The molecule has 1 aromatic heterocycles. The number of nitrogens with two attached hydrogens (primary N) is 1. The summed E-state index contributed by atoms with van der Waals surface area (Å²) in [4.78, 5) is 19.4. The van der Waals surface area contributed by atoms with E-state index in [9.17, 15) is 4.79 Å². The van der Waals surface area contributed by atoms with Crippen LogP contribution in [0.3, 0.4) is 0 Å². The van der Waals surface area contributed by atoms with Gasteiger partial charge in [0.1, 0.15) is 0 Å². The van der Waals surface area contributed by atoms with Crippen LogP contribution in [0.5, 0.6) is 0 Å². The van der Waals surface area contributed by atoms with E-state index in [0.717, 1.165) is 31.5 Å². The van der Waals surface area contributed by atoms with Crippen molar-refractivity contribution in [1.29, 1.82) is 0 Å². The normalized spacial score (nSPS) is 19.1. The Morgan fingerprint density at radius 1 is 1.41 bits per heavy atom. The van der Waals surface area contributed by atoms with Crippen LogP contribution in [0.2, 0.25) is 0 Å². The van der Waals surface area contributed by atoms with Crippen LogP contribution in [-0.4, -0.2) is 40.1 Å². The molecule has 0 bridgehead atoms. The Bertz CT molecular complexity index is 791. The van der Waals surface area contributed by atoms with Gasteiger partial charge in [-0.05, 0) is 43.2 Å². The molecule has 1 aliphatic heterocycles. The van der Waals surface area contributed by atoms with Gasteiger partial charge in [0.15, 0.2) is 0 Å². The van der Waals surface area contributed by atoms with Gasteiger partial charge in [-0.15, -0.1) is 0 Å². The minimum absolute atomic E-state index is 0.0422. The van der Waals surface area contributed by atoms with Gasteiger partial charge >= 0.3 is 0 Å². The summed E-state index contributed by atoms with van der Waals surface area (Å²) in [6.45, 7) is 9.91. The van der Waals surface area contributed by atoms with E-state index < -0.39 is 0 Å². The lowest BCUT2D eigenvalue weighted by Gasteiger charge is -2.34. The second kappa shape index (κ2) is 7.80. The van der Waals surface area contributed by atoms with Gasteiger partial charge in [0, 0.05) is 36.7 Å². The van der Waals surface area contributed by atoms with Gasteiger partial charge < -0.3 is 15.2 Å². The highest BCUT2D eigenvalue weighted by Gasteiger charge is 2.27. The smallest absolute Gasteiger partial charge is 0.253 e. The van der Waals surface area contributed by atoms with Crippen LogP contribution in [0.25, 0.3) is 11.4 Å². The third kappa shape index (κ3) is 4.95. The van der Waals surface area contributed by atoms with E-state index in [1.165, 1.54) is 0 Å². The van der Waals surface area contributed by atoms with Crippen molar-refractivity contribution in [2.45, 2.75) is 53.0 Å². The molecule has 2 unspecified atom stereocenters. The molecule has 1 aromatic carbocycles. The molecule has 0 radical (unpaired) electrons. The molecular weight excluding hydrogens is 340 g/mol. The van der Waals surface area contributed by atoms with Gasteiger partial charge in [-0.3, -0.25) is 4.79 Å². The first-order chi connectivity index (χ1) is 12.7. The van der Waals surface area contributed by atoms with E-state index in [4.69, 9.17) is 10.3 Å². The maximum atomic E-state index is 13.0. The Morgan fingerprint density at radius 3 is 2.89 bits per heavy atom. The molecule has 1 aliphatic rings. The first-order valence-electron chi connectivity index (χ1n) is 9.71. The predicted molar refractivity (Wildman–Crippen MR) is 105 cm³/mol. The SMILES string of the molecule is CC(N)C1CCCN(C(=O)c2cccc(-c3noc(CC(C)(C)C)n3)c2)C1. The first kappa shape index (κ1) is 19.5. The Labute approximate surface area is 161 Å². The lowest BCUT2D eigenvalue weighted by atomic mass is 9.92. The second-order valence-electron chi connectivity index (χ2n) is 8.84. The number of likely N-dealkylation sites (tertiary alicyclic amines) is 1. The van der Waals surface area contributed by atoms with Gasteiger partial charge in [0.25, 0.3) is 5.91 Å². The van der Waals surface area contributed by atoms with Crippen molar-refractivity contribution in [3.8, 4) is 11.4 Å². The average Bonchev–Trinajstić information content (AvgIpc) is 3.08. The number of nitrogens with zero attached hydrogens (tertiary/aromatic N) is 3. The Morgan fingerprint density at radius 2 is 2.19 bits per heavy atom. The molecule has 1 amide bonds. The first-order valence-corrected chi connectivity index (χ1v) is 9.71. The summed E-state index contributed by atoms with van der Waals surface area (Å²) in [6.07, 6.45) is 2.80. The largest absolute Gasteiger partial charge is 0.339 e. The Balaban J connectivity index is 1.76. The van der Waals surface area contributed by atoms with Crippen molar-refractivity contribution in [1.82, 2.24) is 15.0 Å². The Hall–Kier alpha value is -2.21. The molecule has 3 rings (SSSR count). The number of hydrogen-bond acceptors (Lipinski definition) is 5. The average molecular weight is 370 g/mol. The summed E-state index contributed by atoms with van der Waals surface area (Å²) >= 11 is 0. The van der Waals surface area contributed by atoms with E-state index >= 15 is 0 Å². The summed E-state index contributed by atoms with van der Waals surface area (Å²) in [5.41, 5.74) is 7.57. The highest BCUT2D eigenvalue weighted by atomic mass is 16.5. The molecule has 2 atom stereocenters. The van der Waals surface area contributed by atoms with Crippen molar-refractivity contribution < 1.29 is 9.32 Å². The molecule has 1 saturated heterocycles. The number of aromatic nitrogens is 2. The minimum Gasteiger partial charge on any atom is -0.339 e. The van der Waals surface area contributed by atoms with Crippen molar-refractivity contribution in [3.63, 3.8) is 0 Å². The quantitative estimate of drug-likeness (QED) is 0.890. The van der Waals surface area contributed by atoms with E-state index in [2.05, 4.69) is 30.9 Å². The Kier molecular flexibility index (Phi) is 5.65. The van der Waals surface area contributed by atoms with Gasteiger partial charge in [-0.1, -0.05) is 38.1 Å². The zero-order valence-corrected chi connectivity index (χ0v) is 16.7. The number of hydrogen-bond donors (Lipinski definition) is 1. The van der Waals surface area contributed by atoms with Gasteiger partial charge in [0.05, 0.1) is 0 Å². The highest BCUT2D eigenvalue weighted by molar-refractivity contribution is 5.95. The molecule has 6 nitrogen and oxygen atoms in total. The van der Waals surface area contributed by atoms with Crippen LogP contribution >= 0.6 is 0 Å². The van der Waals surface area contributed by atoms with E-state index in [-0.39, 0.29) is 17.4 Å². The monoisotopic (exact) mass is 370 g/mol. The molecule has 146 valence electrons. The molecule has 2 heterocycles. The maximum Gasteiger partial charge on any atom is 0.253 e. The van der Waals surface area contributed by atoms with E-state index in [1.807, 2.05) is 36.1 Å². The summed E-state index contributed by atoms with van der Waals surface area (Å²) in [6, 6.07) is 7.58. The molecule has 6 heteroatoms. The van der Waals surface area contributed by atoms with Crippen molar-refractivity contribution in [3.05, 3.63) is 35.7 Å². The number of piperidine rings is 1. The molecule has 27 heavy (non-hydrogen) atoms. The summed E-state index contributed by atoms with van der Waals surface area (Å²) < 4.78 is 5.38. The fourth-order valence-electron chi connectivity index (χ4n) is 3.50. The fraction of sp³-hybridized carbons (Fsp3) is 0.571. The predicted octanol–water partition coefficient (Wildman–Crippen LogP) is 3.52. The lowest BCUT2D eigenvalue weighted by molar-refractivity contribution is 0.0661. The van der Waals surface area contributed by atoms with Crippen molar-refractivity contribution in [2.24, 2.45) is 17.1 Å². The van der Waals surface area contributed by atoms with Gasteiger partial charge in [-0.2, -0.15) is 4.98 Å². The van der Waals surface area contributed by atoms with Gasteiger partial charge in [0.2, 0.25) is 11.7 Å². The van der Waals surface area contributed by atoms with Crippen LogP contribution in [0.4, 0.5) is 0 Å². The summed E-state index contributed by atoms with van der Waals surface area (Å²) in [5.74, 6) is 1.55. The number of benzene rings is 1. The summed E-state index contributed by atoms with van der Waals surface area (Å²) in [7, 11) is 0. The molecule has 0 aliphatic carbocycles. The molecular formula is C21H30N4O2. The topological polar surface area (TPSA) is 85.2 Å². The number of carbonyl (C=O) groups excluding carboxylic acids is 1. The van der Waals surface area contributed by atoms with Crippen LogP contribution in [0, 0.1) is 11.3 Å². The van der Waals surface area contributed by atoms with Crippen LogP contribution in [-0.2, 0) is 6.42 Å².